The van der Waals surface area contributed by atoms with Crippen LogP contribution in [-0.2, 0) is 8.98 Å². The molecule has 3 rings (SSSR count). The summed E-state index contributed by atoms with van der Waals surface area (Å²) in [6.07, 6.45) is 0. The normalized spacial score (nSPS) is 11.6. The second-order valence-corrected chi connectivity index (χ2v) is 8.34. The first kappa shape index (κ1) is 17.1. The van der Waals surface area contributed by atoms with Crippen LogP contribution in [0.3, 0.4) is 0 Å². The molecule has 3 heteroatoms. The summed E-state index contributed by atoms with van der Waals surface area (Å²) in [7, 11) is -2.19. The number of rotatable bonds is 5. The quantitative estimate of drug-likeness (QED) is 0.528. The van der Waals surface area contributed by atoms with Crippen LogP contribution in [0.2, 0.25) is 0 Å². The molecule has 0 aliphatic heterocycles. The van der Waals surface area contributed by atoms with Crippen molar-refractivity contribution in [1.82, 2.24) is 0 Å². The van der Waals surface area contributed by atoms with Gasteiger partial charge in [0, 0.05) is 20.3 Å². The van der Waals surface area contributed by atoms with E-state index < -0.39 is 10.3 Å². The van der Waals surface area contributed by atoms with Crippen molar-refractivity contribution in [2.75, 3.05) is 0 Å². The van der Waals surface area contributed by atoms with Gasteiger partial charge < -0.3 is 4.18 Å². The van der Waals surface area contributed by atoms with Crippen LogP contribution in [0.1, 0.15) is 6.92 Å². The van der Waals surface area contributed by atoms with Gasteiger partial charge in [-0.25, -0.2) is 4.79 Å². The van der Waals surface area contributed by atoms with Crippen molar-refractivity contribution >= 4 is 16.3 Å². The number of hydrogen-bond acceptors (Lipinski definition) is 2. The average Bonchev–Trinajstić information content (AvgIpc) is 2.68. The van der Waals surface area contributed by atoms with Crippen LogP contribution in [0, 0.1) is 0 Å². The van der Waals surface area contributed by atoms with E-state index in [4.69, 9.17) is 4.18 Å². The Morgan fingerprint density at radius 3 is 1.32 bits per heavy atom. The highest BCUT2D eigenvalue weighted by Crippen LogP contribution is 2.69. The molecule has 0 unspecified atom stereocenters. The largest absolute Gasteiger partial charge is 0.399 e. The lowest BCUT2D eigenvalue weighted by molar-refractivity contribution is -0.129. The summed E-state index contributed by atoms with van der Waals surface area (Å²) in [6.45, 7) is 5.43. The topological polar surface area (TPSA) is 26.3 Å². The van der Waals surface area contributed by atoms with Crippen LogP contribution in [0.4, 0.5) is 0 Å². The molecule has 2 nitrogen and oxygen atoms in total. The minimum Gasteiger partial charge on any atom is -0.399 e. The van der Waals surface area contributed by atoms with Crippen LogP contribution in [-0.4, -0.2) is 5.97 Å². The molecular formula is C22H20O2S. The summed E-state index contributed by atoms with van der Waals surface area (Å²) in [4.78, 5) is 15.5. The first-order valence-electron chi connectivity index (χ1n) is 8.02. The Bertz CT molecular complexity index is 762. The fourth-order valence-electron chi connectivity index (χ4n) is 2.57. The minimum absolute atomic E-state index is 0.383. The molecule has 0 bridgehead atoms. The smallest absolute Gasteiger partial charge is 0.344 e. The van der Waals surface area contributed by atoms with Crippen LogP contribution in [0.15, 0.2) is 118 Å². The van der Waals surface area contributed by atoms with Crippen molar-refractivity contribution in [1.29, 1.82) is 0 Å². The highest BCUT2D eigenvalue weighted by Gasteiger charge is 2.35. The van der Waals surface area contributed by atoms with E-state index in [9.17, 15) is 4.79 Å². The van der Waals surface area contributed by atoms with Crippen molar-refractivity contribution < 1.29 is 8.98 Å². The summed E-state index contributed by atoms with van der Waals surface area (Å²) in [5, 5.41) is 0. The van der Waals surface area contributed by atoms with E-state index in [0.29, 0.717) is 5.57 Å². The minimum atomic E-state index is -2.19. The molecule has 0 heterocycles. The molecule has 0 fully saturated rings. The molecule has 3 aromatic carbocycles. The van der Waals surface area contributed by atoms with Gasteiger partial charge in [-0.15, -0.1) is 0 Å². The Balaban J connectivity index is 2.31. The van der Waals surface area contributed by atoms with Gasteiger partial charge in [0.05, 0.1) is 0 Å². The Morgan fingerprint density at radius 2 is 1.04 bits per heavy atom. The van der Waals surface area contributed by atoms with Crippen molar-refractivity contribution in [2.45, 2.75) is 21.6 Å². The molecule has 0 saturated carbocycles. The van der Waals surface area contributed by atoms with Gasteiger partial charge in [0.2, 0.25) is 0 Å². The van der Waals surface area contributed by atoms with E-state index in [1.165, 1.54) is 0 Å². The van der Waals surface area contributed by atoms with E-state index >= 15 is 0 Å². The van der Waals surface area contributed by atoms with E-state index in [0.717, 1.165) is 14.7 Å². The van der Waals surface area contributed by atoms with E-state index in [1.807, 2.05) is 91.0 Å². The van der Waals surface area contributed by atoms with Crippen LogP contribution in [0.5, 0.6) is 0 Å². The maximum absolute atomic E-state index is 12.6. The lowest BCUT2D eigenvalue weighted by Crippen LogP contribution is -2.14. The maximum atomic E-state index is 12.6. The van der Waals surface area contributed by atoms with Crippen molar-refractivity contribution in [3.05, 3.63) is 103 Å². The van der Waals surface area contributed by atoms with Gasteiger partial charge in [0.15, 0.2) is 0 Å². The van der Waals surface area contributed by atoms with Crippen molar-refractivity contribution in [3.63, 3.8) is 0 Å². The second-order valence-electron chi connectivity index (χ2n) is 5.65. The molecule has 0 aliphatic carbocycles. The number of carbonyl (C=O) groups excluding carboxylic acids is 1. The van der Waals surface area contributed by atoms with Gasteiger partial charge in [-0.1, -0.05) is 61.2 Å². The molecule has 0 saturated heterocycles. The van der Waals surface area contributed by atoms with E-state index in [1.54, 1.807) is 6.92 Å². The third-order valence-electron chi connectivity index (χ3n) is 3.77. The van der Waals surface area contributed by atoms with Crippen LogP contribution in [0.25, 0.3) is 0 Å². The summed E-state index contributed by atoms with van der Waals surface area (Å²) < 4.78 is 6.20. The Hall–Kier alpha value is -2.78. The van der Waals surface area contributed by atoms with Gasteiger partial charge in [-0.3, -0.25) is 0 Å². The van der Waals surface area contributed by atoms with Crippen LogP contribution >= 0.6 is 10.3 Å². The molecule has 0 radical (unpaired) electrons. The predicted octanol–water partition coefficient (Wildman–Crippen LogP) is 6.00. The van der Waals surface area contributed by atoms with Crippen molar-refractivity contribution in [3.8, 4) is 0 Å². The SMILES string of the molecule is C=C(C)C(=O)OS(c1ccccc1)(c1ccccc1)c1ccccc1. The summed E-state index contributed by atoms with van der Waals surface area (Å²) >= 11 is 0. The maximum Gasteiger partial charge on any atom is 0.344 e. The predicted molar refractivity (Wildman–Crippen MR) is 103 cm³/mol. The van der Waals surface area contributed by atoms with Gasteiger partial charge in [0.25, 0.3) is 0 Å². The summed E-state index contributed by atoms with van der Waals surface area (Å²) in [5.41, 5.74) is 0.389. The number of carbonyl (C=O) groups is 1. The molecular weight excluding hydrogens is 328 g/mol. The zero-order valence-corrected chi connectivity index (χ0v) is 14.9. The Kier molecular flexibility index (Phi) is 5.05. The van der Waals surface area contributed by atoms with Gasteiger partial charge >= 0.3 is 5.97 Å². The Morgan fingerprint density at radius 1 is 0.720 bits per heavy atom. The highest BCUT2D eigenvalue weighted by molar-refractivity contribution is 8.30. The molecule has 3 aromatic rings. The summed E-state index contributed by atoms with van der Waals surface area (Å²) in [5.74, 6) is -0.383. The van der Waals surface area contributed by atoms with Gasteiger partial charge in [-0.2, -0.15) is 0 Å². The zero-order chi connectivity index (χ0) is 17.7. The molecule has 0 N–H and O–H groups in total. The molecule has 25 heavy (non-hydrogen) atoms. The number of hydrogen-bond donors (Lipinski definition) is 0. The number of benzene rings is 3. The highest BCUT2D eigenvalue weighted by atomic mass is 32.3. The lowest BCUT2D eigenvalue weighted by Gasteiger charge is -2.39. The first-order chi connectivity index (χ1) is 12.1. The zero-order valence-electron chi connectivity index (χ0n) is 14.1. The average molecular weight is 348 g/mol. The second kappa shape index (κ2) is 7.41. The molecule has 0 spiro atoms. The van der Waals surface area contributed by atoms with Crippen LogP contribution < -0.4 is 0 Å². The fourth-order valence-corrected chi connectivity index (χ4v) is 5.67. The van der Waals surface area contributed by atoms with E-state index in [2.05, 4.69) is 6.58 Å². The molecule has 126 valence electrons. The summed E-state index contributed by atoms with van der Waals surface area (Å²) in [6, 6.07) is 29.8. The third kappa shape index (κ3) is 3.37. The molecule has 0 aromatic heterocycles. The Labute approximate surface area is 150 Å². The van der Waals surface area contributed by atoms with E-state index in [-0.39, 0.29) is 5.97 Å². The lowest BCUT2D eigenvalue weighted by atomic mass is 10.4. The molecule has 0 amide bonds. The van der Waals surface area contributed by atoms with Crippen molar-refractivity contribution in [2.24, 2.45) is 0 Å². The third-order valence-corrected chi connectivity index (χ3v) is 6.98. The molecule has 0 aliphatic rings. The van der Waals surface area contributed by atoms with Gasteiger partial charge in [0.1, 0.15) is 0 Å². The molecule has 0 atom stereocenters. The monoisotopic (exact) mass is 348 g/mol. The fraction of sp³-hybridized carbons (Fsp3) is 0.0455. The van der Waals surface area contributed by atoms with Gasteiger partial charge in [-0.05, 0) is 53.6 Å². The standard InChI is InChI=1S/C22H20O2S/c1-18(2)22(23)24-25(19-12-6-3-7-13-19,20-14-8-4-9-15-20)21-16-10-5-11-17-21/h3-17H,1H2,2H3. The first-order valence-corrected chi connectivity index (χ1v) is 9.58.